The van der Waals surface area contributed by atoms with Crippen molar-refractivity contribution in [1.82, 2.24) is 9.62 Å². The first-order chi connectivity index (χ1) is 14.8. The third-order valence-corrected chi connectivity index (χ3v) is 7.00. The number of sulfonamides is 1. The van der Waals surface area contributed by atoms with Crippen molar-refractivity contribution in [2.75, 3.05) is 36.4 Å². The normalized spacial score (nSPS) is 14.3. The fraction of sp³-hybridized carbons (Fsp3) is 0.273. The Morgan fingerprint density at radius 1 is 1.16 bits per heavy atom. The molecule has 9 heteroatoms. The summed E-state index contributed by atoms with van der Waals surface area (Å²) in [6, 6.07) is 13.3. The topological polar surface area (TPSA) is 98.8 Å². The molecule has 3 amide bonds. The van der Waals surface area contributed by atoms with Gasteiger partial charge in [-0.1, -0.05) is 32.0 Å². The van der Waals surface area contributed by atoms with Crippen LogP contribution in [0.2, 0.25) is 0 Å². The molecule has 0 unspecified atom stereocenters. The molecule has 0 atom stereocenters. The number of hydrogen-bond donors (Lipinski definition) is 2. The molecule has 8 nitrogen and oxygen atoms in total. The maximum Gasteiger partial charge on any atom is 0.321 e. The number of urea groups is 1. The first-order valence-corrected chi connectivity index (χ1v) is 11.5. The Bertz CT molecular complexity index is 1080. The monoisotopic (exact) mass is 442 g/mol. The summed E-state index contributed by atoms with van der Waals surface area (Å²) >= 11 is 0. The average molecular weight is 443 g/mol. The Balaban J connectivity index is 1.65. The highest BCUT2D eigenvalue weighted by atomic mass is 32.2. The van der Waals surface area contributed by atoms with Crippen LogP contribution in [0, 0.1) is 0 Å². The van der Waals surface area contributed by atoms with E-state index in [9.17, 15) is 18.0 Å². The van der Waals surface area contributed by atoms with Crippen molar-refractivity contribution in [2.24, 2.45) is 0 Å². The number of rotatable bonds is 8. The van der Waals surface area contributed by atoms with Crippen LogP contribution in [-0.2, 0) is 14.8 Å². The lowest BCUT2D eigenvalue weighted by Gasteiger charge is -2.18. The molecular weight excluding hydrogens is 416 g/mol. The molecule has 2 aromatic carbocycles. The molecule has 1 aliphatic heterocycles. The molecule has 1 aliphatic rings. The highest BCUT2D eigenvalue weighted by Gasteiger charge is 2.22. The van der Waals surface area contributed by atoms with E-state index in [-0.39, 0.29) is 16.8 Å². The van der Waals surface area contributed by atoms with E-state index >= 15 is 0 Å². The van der Waals surface area contributed by atoms with Crippen molar-refractivity contribution >= 4 is 39.4 Å². The number of anilines is 2. The molecule has 0 aromatic heterocycles. The SMILES string of the molecule is CCN(CC)S(=O)(=O)c1ccc(/C=C/C(=O)Nc2cccc(N3CCNC3=O)c2)cc1. The van der Waals surface area contributed by atoms with Gasteiger partial charge in [0.2, 0.25) is 15.9 Å². The lowest BCUT2D eigenvalue weighted by atomic mass is 10.2. The highest BCUT2D eigenvalue weighted by molar-refractivity contribution is 7.89. The van der Waals surface area contributed by atoms with Gasteiger partial charge in [-0.05, 0) is 42.0 Å². The first kappa shape index (κ1) is 22.5. The van der Waals surface area contributed by atoms with Gasteiger partial charge in [0.25, 0.3) is 0 Å². The Morgan fingerprint density at radius 2 is 1.87 bits per heavy atom. The Labute approximate surface area is 182 Å². The van der Waals surface area contributed by atoms with E-state index in [2.05, 4.69) is 10.6 Å². The van der Waals surface area contributed by atoms with Gasteiger partial charge >= 0.3 is 6.03 Å². The lowest BCUT2D eigenvalue weighted by Crippen LogP contribution is -2.30. The van der Waals surface area contributed by atoms with E-state index in [0.29, 0.717) is 43.1 Å². The Hall–Kier alpha value is -3.17. The van der Waals surface area contributed by atoms with Crippen LogP contribution in [-0.4, -0.2) is 50.8 Å². The number of hydrogen-bond acceptors (Lipinski definition) is 4. The number of carbonyl (C=O) groups is 2. The quantitative estimate of drug-likeness (QED) is 0.614. The summed E-state index contributed by atoms with van der Waals surface area (Å²) in [6.07, 6.45) is 2.99. The van der Waals surface area contributed by atoms with E-state index < -0.39 is 10.0 Å². The van der Waals surface area contributed by atoms with Gasteiger partial charge in [-0.15, -0.1) is 0 Å². The second-order valence-corrected chi connectivity index (χ2v) is 8.85. The third-order valence-electron chi connectivity index (χ3n) is 4.93. The fourth-order valence-electron chi connectivity index (χ4n) is 3.29. The zero-order chi connectivity index (χ0) is 22.4. The van der Waals surface area contributed by atoms with Crippen LogP contribution in [0.5, 0.6) is 0 Å². The smallest absolute Gasteiger partial charge is 0.321 e. The van der Waals surface area contributed by atoms with Crippen molar-refractivity contribution in [3.8, 4) is 0 Å². The van der Waals surface area contributed by atoms with Gasteiger partial charge in [0.15, 0.2) is 0 Å². The molecule has 31 heavy (non-hydrogen) atoms. The minimum Gasteiger partial charge on any atom is -0.336 e. The zero-order valence-corrected chi connectivity index (χ0v) is 18.4. The van der Waals surface area contributed by atoms with Crippen molar-refractivity contribution in [2.45, 2.75) is 18.7 Å². The maximum atomic E-state index is 12.5. The average Bonchev–Trinajstić information content (AvgIpc) is 3.19. The maximum absolute atomic E-state index is 12.5. The summed E-state index contributed by atoms with van der Waals surface area (Å²) in [4.78, 5) is 25.9. The van der Waals surface area contributed by atoms with Crippen LogP contribution in [0.1, 0.15) is 19.4 Å². The summed E-state index contributed by atoms with van der Waals surface area (Å²) < 4.78 is 26.5. The molecule has 0 spiro atoms. The molecule has 2 N–H and O–H groups in total. The molecule has 1 heterocycles. The van der Waals surface area contributed by atoms with E-state index in [1.807, 2.05) is 6.07 Å². The second-order valence-electron chi connectivity index (χ2n) is 6.91. The summed E-state index contributed by atoms with van der Waals surface area (Å²) in [6.45, 7) is 5.58. The molecule has 0 saturated carbocycles. The van der Waals surface area contributed by atoms with E-state index in [4.69, 9.17) is 0 Å². The van der Waals surface area contributed by atoms with Crippen LogP contribution in [0.25, 0.3) is 6.08 Å². The Kier molecular flexibility index (Phi) is 7.09. The van der Waals surface area contributed by atoms with Crippen molar-refractivity contribution in [1.29, 1.82) is 0 Å². The molecule has 1 saturated heterocycles. The number of amides is 3. The van der Waals surface area contributed by atoms with Crippen molar-refractivity contribution < 1.29 is 18.0 Å². The molecule has 0 bridgehead atoms. The van der Waals surface area contributed by atoms with Gasteiger partial charge in [0, 0.05) is 43.6 Å². The zero-order valence-electron chi connectivity index (χ0n) is 17.5. The molecular formula is C22H26N4O4S. The summed E-state index contributed by atoms with van der Waals surface area (Å²) in [5.74, 6) is -0.331. The fourth-order valence-corrected chi connectivity index (χ4v) is 4.75. The van der Waals surface area contributed by atoms with Gasteiger partial charge in [0.05, 0.1) is 4.90 Å². The predicted molar refractivity (Wildman–Crippen MR) is 121 cm³/mol. The predicted octanol–water partition coefficient (Wildman–Crippen LogP) is 2.90. The van der Waals surface area contributed by atoms with Gasteiger partial charge in [-0.2, -0.15) is 4.31 Å². The standard InChI is InChI=1S/C22H26N4O4S/c1-3-25(4-2)31(29,30)20-11-8-17(9-12-20)10-13-21(27)24-18-6-5-7-19(16-18)26-15-14-23-22(26)28/h5-13,16H,3-4,14-15H2,1-2H3,(H,23,28)(H,24,27)/b13-10+. The Morgan fingerprint density at radius 3 is 2.48 bits per heavy atom. The first-order valence-electron chi connectivity index (χ1n) is 10.1. The van der Waals surface area contributed by atoms with E-state index in [1.54, 1.807) is 55.2 Å². The second kappa shape index (κ2) is 9.76. The van der Waals surface area contributed by atoms with Crippen LogP contribution in [0.15, 0.2) is 59.5 Å². The molecule has 0 aliphatic carbocycles. The van der Waals surface area contributed by atoms with E-state index in [0.717, 1.165) is 0 Å². The summed E-state index contributed by atoms with van der Waals surface area (Å²) in [7, 11) is -3.51. The molecule has 164 valence electrons. The van der Waals surface area contributed by atoms with Crippen molar-refractivity contribution in [3.63, 3.8) is 0 Å². The minimum absolute atomic E-state index is 0.158. The van der Waals surface area contributed by atoms with Crippen LogP contribution in [0.3, 0.4) is 0 Å². The third kappa shape index (κ3) is 5.31. The van der Waals surface area contributed by atoms with Gasteiger partial charge in [-0.3, -0.25) is 9.69 Å². The highest BCUT2D eigenvalue weighted by Crippen LogP contribution is 2.21. The van der Waals surface area contributed by atoms with Crippen LogP contribution >= 0.6 is 0 Å². The van der Waals surface area contributed by atoms with Crippen LogP contribution < -0.4 is 15.5 Å². The molecule has 3 rings (SSSR count). The van der Waals surface area contributed by atoms with Gasteiger partial charge in [-0.25, -0.2) is 13.2 Å². The number of nitrogens with zero attached hydrogens (tertiary/aromatic N) is 2. The number of benzene rings is 2. The summed E-state index contributed by atoms with van der Waals surface area (Å²) in [5, 5.41) is 5.51. The van der Waals surface area contributed by atoms with E-state index in [1.165, 1.54) is 22.5 Å². The molecule has 2 aromatic rings. The molecule has 0 radical (unpaired) electrons. The van der Waals surface area contributed by atoms with Crippen molar-refractivity contribution in [3.05, 3.63) is 60.2 Å². The number of nitrogens with one attached hydrogen (secondary N) is 2. The van der Waals surface area contributed by atoms with Gasteiger partial charge in [0.1, 0.15) is 0 Å². The van der Waals surface area contributed by atoms with Gasteiger partial charge < -0.3 is 10.6 Å². The number of carbonyl (C=O) groups excluding carboxylic acids is 2. The van der Waals surface area contributed by atoms with Crippen LogP contribution in [0.4, 0.5) is 16.2 Å². The minimum atomic E-state index is -3.51. The summed E-state index contributed by atoms with van der Waals surface area (Å²) in [5.41, 5.74) is 1.99. The largest absolute Gasteiger partial charge is 0.336 e. The lowest BCUT2D eigenvalue weighted by molar-refractivity contribution is -0.111. The molecule has 1 fully saturated rings.